The van der Waals surface area contributed by atoms with Crippen molar-refractivity contribution in [2.75, 3.05) is 6.54 Å². The molecular weight excluding hydrogens is 408 g/mol. The summed E-state index contributed by atoms with van der Waals surface area (Å²) in [6, 6.07) is 3.16. The van der Waals surface area contributed by atoms with E-state index in [0.717, 1.165) is 29.3 Å². The van der Waals surface area contributed by atoms with Gasteiger partial charge in [-0.15, -0.1) is 0 Å². The van der Waals surface area contributed by atoms with Gasteiger partial charge in [-0.05, 0) is 47.0 Å². The molecule has 0 fully saturated rings. The highest BCUT2D eigenvalue weighted by Gasteiger charge is 2.22. The quantitative estimate of drug-likeness (QED) is 0.700. The summed E-state index contributed by atoms with van der Waals surface area (Å²) >= 11 is 6.67. The monoisotopic (exact) mass is 426 g/mol. The molecule has 0 aliphatic heterocycles. The smallest absolute Gasteiger partial charge is 0.242 e. The van der Waals surface area contributed by atoms with E-state index in [1.807, 2.05) is 6.92 Å². The third-order valence-corrected chi connectivity index (χ3v) is 6.35. The minimum atomic E-state index is -3.58. The van der Waals surface area contributed by atoms with Gasteiger partial charge in [0.05, 0.1) is 4.90 Å². The highest BCUT2D eigenvalue weighted by atomic mass is 79.9. The maximum absolute atomic E-state index is 12.4. The van der Waals surface area contributed by atoms with Crippen molar-refractivity contribution in [3.05, 3.63) is 26.6 Å². The Labute approximate surface area is 137 Å². The molecule has 0 heterocycles. The van der Waals surface area contributed by atoms with Crippen LogP contribution in [0.3, 0.4) is 0 Å². The van der Waals surface area contributed by atoms with Crippen molar-refractivity contribution in [3.63, 3.8) is 0 Å². The SMILES string of the molecule is CCCCC(CN)NS(=O)(=O)c1cc(Br)c(C)cc1Br. The zero-order valence-electron chi connectivity index (χ0n) is 11.6. The van der Waals surface area contributed by atoms with E-state index < -0.39 is 10.0 Å². The fourth-order valence-electron chi connectivity index (χ4n) is 1.79. The van der Waals surface area contributed by atoms with Gasteiger partial charge in [-0.25, -0.2) is 13.1 Å². The van der Waals surface area contributed by atoms with Crippen molar-refractivity contribution >= 4 is 41.9 Å². The van der Waals surface area contributed by atoms with E-state index in [4.69, 9.17) is 5.73 Å². The topological polar surface area (TPSA) is 72.2 Å². The molecule has 0 bridgehead atoms. The predicted molar refractivity (Wildman–Crippen MR) is 89.3 cm³/mol. The summed E-state index contributed by atoms with van der Waals surface area (Å²) in [4.78, 5) is 0.227. The molecule has 0 spiro atoms. The zero-order chi connectivity index (χ0) is 15.3. The fraction of sp³-hybridized carbons (Fsp3) is 0.538. The van der Waals surface area contributed by atoms with E-state index in [1.165, 1.54) is 0 Å². The molecule has 4 nitrogen and oxygen atoms in total. The molecule has 0 amide bonds. The molecule has 0 aliphatic carbocycles. The summed E-state index contributed by atoms with van der Waals surface area (Å²) in [7, 11) is -3.58. The fourth-order valence-corrected chi connectivity index (χ4v) is 4.75. The van der Waals surface area contributed by atoms with Crippen LogP contribution in [0.2, 0.25) is 0 Å². The van der Waals surface area contributed by atoms with Gasteiger partial charge >= 0.3 is 0 Å². The molecule has 0 aliphatic rings. The van der Waals surface area contributed by atoms with Crippen LogP contribution in [0.25, 0.3) is 0 Å². The maximum Gasteiger partial charge on any atom is 0.242 e. The number of benzene rings is 1. The van der Waals surface area contributed by atoms with E-state index in [9.17, 15) is 8.42 Å². The van der Waals surface area contributed by atoms with Gasteiger partial charge in [-0.1, -0.05) is 35.7 Å². The van der Waals surface area contributed by atoms with Gasteiger partial charge in [0.1, 0.15) is 0 Å². The van der Waals surface area contributed by atoms with Gasteiger partial charge < -0.3 is 5.73 Å². The van der Waals surface area contributed by atoms with Crippen LogP contribution in [-0.2, 0) is 10.0 Å². The van der Waals surface area contributed by atoms with E-state index in [2.05, 4.69) is 43.5 Å². The summed E-state index contributed by atoms with van der Waals surface area (Å²) in [5.41, 5.74) is 6.61. The van der Waals surface area contributed by atoms with Crippen molar-refractivity contribution in [2.45, 2.75) is 44.0 Å². The predicted octanol–water partition coefficient (Wildman–Crippen LogP) is 3.32. The van der Waals surface area contributed by atoms with Crippen LogP contribution < -0.4 is 10.5 Å². The van der Waals surface area contributed by atoms with Crippen LogP contribution in [0.5, 0.6) is 0 Å². The lowest BCUT2D eigenvalue weighted by atomic mass is 10.1. The average molecular weight is 428 g/mol. The van der Waals surface area contributed by atoms with Crippen molar-refractivity contribution in [1.29, 1.82) is 0 Å². The van der Waals surface area contributed by atoms with Crippen LogP contribution in [0.15, 0.2) is 26.0 Å². The number of unbranched alkanes of at least 4 members (excludes halogenated alkanes) is 1. The number of nitrogens with two attached hydrogens (primary N) is 1. The Hall–Kier alpha value is 0.0500. The normalized spacial score (nSPS) is 13.4. The molecular formula is C13H20Br2N2O2S. The molecule has 20 heavy (non-hydrogen) atoms. The highest BCUT2D eigenvalue weighted by molar-refractivity contribution is 9.11. The molecule has 1 unspecified atom stereocenters. The standard InChI is InChI=1S/C13H20Br2N2O2S/c1-3-4-5-10(8-16)17-20(18,19)13-7-11(14)9(2)6-12(13)15/h6-7,10,17H,3-5,8,16H2,1-2H3. The molecule has 114 valence electrons. The van der Waals surface area contributed by atoms with Gasteiger partial charge in [0.2, 0.25) is 10.0 Å². The number of nitrogens with one attached hydrogen (secondary N) is 1. The van der Waals surface area contributed by atoms with Gasteiger partial charge in [0.25, 0.3) is 0 Å². The Balaban J connectivity index is 3.01. The third-order valence-electron chi connectivity index (χ3n) is 3.02. The molecule has 1 atom stereocenters. The number of sulfonamides is 1. The van der Waals surface area contributed by atoms with Crippen LogP contribution in [0.1, 0.15) is 31.7 Å². The first-order valence-corrected chi connectivity index (χ1v) is 9.56. The zero-order valence-corrected chi connectivity index (χ0v) is 15.6. The Morgan fingerprint density at radius 3 is 2.50 bits per heavy atom. The van der Waals surface area contributed by atoms with E-state index in [1.54, 1.807) is 12.1 Å². The van der Waals surface area contributed by atoms with Gasteiger partial charge in [0, 0.05) is 21.5 Å². The Morgan fingerprint density at radius 1 is 1.30 bits per heavy atom. The van der Waals surface area contributed by atoms with Crippen LogP contribution in [0, 0.1) is 6.92 Å². The Kier molecular flexibility index (Phi) is 7.14. The van der Waals surface area contributed by atoms with Crippen molar-refractivity contribution in [2.24, 2.45) is 5.73 Å². The van der Waals surface area contributed by atoms with Crippen LogP contribution in [0.4, 0.5) is 0 Å². The molecule has 0 saturated carbocycles. The van der Waals surface area contributed by atoms with E-state index in [-0.39, 0.29) is 10.9 Å². The summed E-state index contributed by atoms with van der Waals surface area (Å²) < 4.78 is 28.9. The number of aryl methyl sites for hydroxylation is 1. The van der Waals surface area contributed by atoms with Gasteiger partial charge in [-0.3, -0.25) is 0 Å². The van der Waals surface area contributed by atoms with Gasteiger partial charge in [0.15, 0.2) is 0 Å². The van der Waals surface area contributed by atoms with Crippen LogP contribution in [-0.4, -0.2) is 21.0 Å². The average Bonchev–Trinajstić information content (AvgIpc) is 2.38. The Morgan fingerprint density at radius 2 is 1.95 bits per heavy atom. The molecule has 0 aromatic heterocycles. The largest absolute Gasteiger partial charge is 0.329 e. The van der Waals surface area contributed by atoms with Crippen molar-refractivity contribution in [1.82, 2.24) is 4.72 Å². The van der Waals surface area contributed by atoms with E-state index in [0.29, 0.717) is 11.0 Å². The molecule has 0 radical (unpaired) electrons. The summed E-state index contributed by atoms with van der Waals surface area (Å²) in [6.45, 7) is 4.27. The van der Waals surface area contributed by atoms with Crippen LogP contribution >= 0.6 is 31.9 Å². The lowest BCUT2D eigenvalue weighted by Gasteiger charge is -2.17. The first kappa shape index (κ1) is 18.1. The molecule has 3 N–H and O–H groups in total. The van der Waals surface area contributed by atoms with Crippen molar-refractivity contribution < 1.29 is 8.42 Å². The number of rotatable bonds is 7. The first-order valence-electron chi connectivity index (χ1n) is 6.49. The lowest BCUT2D eigenvalue weighted by molar-refractivity contribution is 0.516. The molecule has 1 aromatic rings. The minimum Gasteiger partial charge on any atom is -0.329 e. The first-order chi connectivity index (χ1) is 9.31. The third kappa shape index (κ3) is 4.80. The second-order valence-corrected chi connectivity index (χ2v) is 8.12. The highest BCUT2D eigenvalue weighted by Crippen LogP contribution is 2.29. The van der Waals surface area contributed by atoms with E-state index >= 15 is 0 Å². The number of halogens is 2. The summed E-state index contributed by atoms with van der Waals surface area (Å²) in [5.74, 6) is 0. The molecule has 0 saturated heterocycles. The molecule has 1 rings (SSSR count). The lowest BCUT2D eigenvalue weighted by Crippen LogP contribution is -2.40. The Bertz CT molecular complexity index is 562. The summed E-state index contributed by atoms with van der Waals surface area (Å²) in [5, 5.41) is 0. The molecule has 1 aromatic carbocycles. The number of hydrogen-bond donors (Lipinski definition) is 2. The number of hydrogen-bond acceptors (Lipinski definition) is 3. The maximum atomic E-state index is 12.4. The second kappa shape index (κ2) is 7.89. The van der Waals surface area contributed by atoms with Gasteiger partial charge in [-0.2, -0.15) is 0 Å². The molecule has 7 heteroatoms. The minimum absolute atomic E-state index is 0.227. The second-order valence-electron chi connectivity index (χ2n) is 4.73. The summed E-state index contributed by atoms with van der Waals surface area (Å²) in [6.07, 6.45) is 2.71. The van der Waals surface area contributed by atoms with Crippen molar-refractivity contribution in [3.8, 4) is 0 Å².